The number of carbonyl (C=O) groups is 2. The number of carbonyl (C=O) groups excluding carboxylic acids is 2. The molecule has 1 fully saturated rings. The molecule has 0 heterocycles. The first-order valence-corrected chi connectivity index (χ1v) is 5.75. The Morgan fingerprint density at radius 2 is 2.06 bits per heavy atom. The van der Waals surface area contributed by atoms with Crippen molar-refractivity contribution >= 4 is 17.9 Å². The Morgan fingerprint density at radius 3 is 2.59 bits per heavy atom. The van der Waals surface area contributed by atoms with Crippen LogP contribution in [0.2, 0.25) is 0 Å². The molecular formula is C13H16N2O2. The highest BCUT2D eigenvalue weighted by Gasteiger charge is 2.23. The highest BCUT2D eigenvalue weighted by atomic mass is 16.2. The average Bonchev–Trinajstić information content (AvgIpc) is 3.12. The Balaban J connectivity index is 1.90. The van der Waals surface area contributed by atoms with Crippen LogP contribution < -0.4 is 10.2 Å². The van der Waals surface area contributed by atoms with Crippen LogP contribution in [-0.4, -0.2) is 31.8 Å². The van der Waals surface area contributed by atoms with Crippen LogP contribution in [0.25, 0.3) is 0 Å². The minimum absolute atomic E-state index is 0.0504. The molecule has 0 aliphatic heterocycles. The molecule has 17 heavy (non-hydrogen) atoms. The van der Waals surface area contributed by atoms with Crippen molar-refractivity contribution in [2.45, 2.75) is 18.9 Å². The van der Waals surface area contributed by atoms with Gasteiger partial charge in [-0.1, -0.05) is 0 Å². The first-order chi connectivity index (χ1) is 8.19. The van der Waals surface area contributed by atoms with Crippen molar-refractivity contribution in [2.24, 2.45) is 0 Å². The maximum absolute atomic E-state index is 11.6. The van der Waals surface area contributed by atoms with E-state index >= 15 is 0 Å². The van der Waals surface area contributed by atoms with Crippen LogP contribution >= 0.6 is 0 Å². The van der Waals surface area contributed by atoms with Crippen LogP contribution in [0.1, 0.15) is 23.2 Å². The molecule has 1 aromatic rings. The Bertz CT molecular complexity index is 410. The Kier molecular flexibility index (Phi) is 3.42. The average molecular weight is 232 g/mol. The predicted octanol–water partition coefficient (Wildman–Crippen LogP) is 1.21. The summed E-state index contributed by atoms with van der Waals surface area (Å²) in [5.74, 6) is 0.0504. The van der Waals surface area contributed by atoms with Gasteiger partial charge >= 0.3 is 0 Å². The fraction of sp³-hybridized carbons (Fsp3) is 0.385. The quantitative estimate of drug-likeness (QED) is 0.776. The van der Waals surface area contributed by atoms with Crippen molar-refractivity contribution in [1.82, 2.24) is 5.32 Å². The zero-order valence-electron chi connectivity index (χ0n) is 9.85. The number of nitrogens with one attached hydrogen (secondary N) is 1. The molecule has 0 spiro atoms. The van der Waals surface area contributed by atoms with Gasteiger partial charge in [0.05, 0.1) is 6.54 Å². The number of aldehydes is 1. The van der Waals surface area contributed by atoms with Crippen molar-refractivity contribution in [3.05, 3.63) is 29.8 Å². The van der Waals surface area contributed by atoms with Crippen LogP contribution in [0.5, 0.6) is 0 Å². The molecule has 2 rings (SSSR count). The first kappa shape index (κ1) is 11.6. The second-order valence-electron chi connectivity index (χ2n) is 4.41. The van der Waals surface area contributed by atoms with Gasteiger partial charge in [0.1, 0.15) is 6.29 Å². The van der Waals surface area contributed by atoms with Gasteiger partial charge in [0, 0.05) is 24.3 Å². The summed E-state index contributed by atoms with van der Waals surface area (Å²) in [4.78, 5) is 24.0. The van der Waals surface area contributed by atoms with E-state index in [0.717, 1.165) is 24.8 Å². The Labute approximate surface area is 101 Å². The fourth-order valence-corrected chi connectivity index (χ4v) is 1.62. The third-order valence-electron chi connectivity index (χ3n) is 2.79. The number of hydrogen-bond acceptors (Lipinski definition) is 3. The molecule has 90 valence electrons. The number of nitrogens with zero attached hydrogens (tertiary/aromatic N) is 1. The Hall–Kier alpha value is -1.84. The molecule has 0 aromatic heterocycles. The maximum atomic E-state index is 11.6. The largest absolute Gasteiger partial charge is 0.365 e. The lowest BCUT2D eigenvalue weighted by atomic mass is 10.2. The molecule has 1 saturated carbocycles. The van der Waals surface area contributed by atoms with E-state index in [2.05, 4.69) is 5.32 Å². The van der Waals surface area contributed by atoms with E-state index in [1.54, 1.807) is 12.1 Å². The molecule has 0 bridgehead atoms. The van der Waals surface area contributed by atoms with Gasteiger partial charge in [-0.3, -0.25) is 9.59 Å². The van der Waals surface area contributed by atoms with Crippen molar-refractivity contribution in [2.75, 3.05) is 18.5 Å². The number of likely N-dealkylation sites (N-methyl/N-ethyl adjacent to an activating group) is 1. The van der Waals surface area contributed by atoms with Gasteiger partial charge in [0.15, 0.2) is 0 Å². The minimum Gasteiger partial charge on any atom is -0.365 e. The Morgan fingerprint density at radius 1 is 1.41 bits per heavy atom. The van der Waals surface area contributed by atoms with E-state index in [9.17, 15) is 9.59 Å². The van der Waals surface area contributed by atoms with E-state index in [4.69, 9.17) is 0 Å². The van der Waals surface area contributed by atoms with Gasteiger partial charge < -0.3 is 10.2 Å². The molecule has 1 N–H and O–H groups in total. The molecule has 4 heteroatoms. The topological polar surface area (TPSA) is 49.4 Å². The summed E-state index contributed by atoms with van der Waals surface area (Å²) >= 11 is 0. The van der Waals surface area contributed by atoms with Gasteiger partial charge in [0.25, 0.3) is 0 Å². The molecule has 1 amide bonds. The normalized spacial score (nSPS) is 14.2. The van der Waals surface area contributed by atoms with Gasteiger partial charge in [-0.05, 0) is 37.1 Å². The summed E-state index contributed by atoms with van der Waals surface area (Å²) in [6.45, 7) is 0.344. The lowest BCUT2D eigenvalue weighted by Gasteiger charge is -2.18. The predicted molar refractivity (Wildman–Crippen MR) is 66.3 cm³/mol. The molecule has 1 aliphatic carbocycles. The van der Waals surface area contributed by atoms with Crippen LogP contribution in [0.4, 0.5) is 5.69 Å². The summed E-state index contributed by atoms with van der Waals surface area (Å²) in [5, 5.41) is 2.94. The molecule has 4 nitrogen and oxygen atoms in total. The summed E-state index contributed by atoms with van der Waals surface area (Å²) in [6.07, 6.45) is 3.01. The van der Waals surface area contributed by atoms with E-state index in [0.29, 0.717) is 18.2 Å². The smallest absolute Gasteiger partial charge is 0.239 e. The number of hydrogen-bond donors (Lipinski definition) is 1. The minimum atomic E-state index is 0.0504. The third-order valence-corrected chi connectivity index (χ3v) is 2.79. The molecule has 1 aliphatic rings. The zero-order chi connectivity index (χ0) is 12.3. The molecule has 1 aromatic carbocycles. The van der Waals surface area contributed by atoms with Crippen LogP contribution in [-0.2, 0) is 4.79 Å². The monoisotopic (exact) mass is 232 g/mol. The molecule has 0 atom stereocenters. The summed E-state index contributed by atoms with van der Waals surface area (Å²) in [5.41, 5.74) is 1.58. The molecule has 0 unspecified atom stereocenters. The number of amides is 1. The standard InChI is InChI=1S/C13H16N2O2/c1-15(8-13(17)14-11-4-5-11)12-6-2-10(9-16)3-7-12/h2-3,6-7,9,11H,4-5,8H2,1H3,(H,14,17). The van der Waals surface area contributed by atoms with E-state index in [1.807, 2.05) is 24.1 Å². The molecular weight excluding hydrogens is 216 g/mol. The van der Waals surface area contributed by atoms with Gasteiger partial charge in [-0.2, -0.15) is 0 Å². The van der Waals surface area contributed by atoms with Crippen molar-refractivity contribution in [1.29, 1.82) is 0 Å². The summed E-state index contributed by atoms with van der Waals surface area (Å²) in [7, 11) is 1.86. The summed E-state index contributed by atoms with van der Waals surface area (Å²) < 4.78 is 0. The van der Waals surface area contributed by atoms with Crippen LogP contribution in [0.15, 0.2) is 24.3 Å². The molecule has 0 saturated heterocycles. The molecule has 0 radical (unpaired) electrons. The second-order valence-corrected chi connectivity index (χ2v) is 4.41. The van der Waals surface area contributed by atoms with E-state index in [1.165, 1.54) is 0 Å². The first-order valence-electron chi connectivity index (χ1n) is 5.75. The zero-order valence-corrected chi connectivity index (χ0v) is 9.85. The number of anilines is 1. The fourth-order valence-electron chi connectivity index (χ4n) is 1.62. The number of benzene rings is 1. The van der Waals surface area contributed by atoms with Crippen LogP contribution in [0.3, 0.4) is 0 Å². The van der Waals surface area contributed by atoms with Gasteiger partial charge in [0.2, 0.25) is 5.91 Å². The van der Waals surface area contributed by atoms with Gasteiger partial charge in [-0.25, -0.2) is 0 Å². The van der Waals surface area contributed by atoms with Crippen molar-refractivity contribution in [3.63, 3.8) is 0 Å². The van der Waals surface area contributed by atoms with Crippen molar-refractivity contribution < 1.29 is 9.59 Å². The maximum Gasteiger partial charge on any atom is 0.239 e. The summed E-state index contributed by atoms with van der Waals surface area (Å²) in [6, 6.07) is 7.57. The SMILES string of the molecule is CN(CC(=O)NC1CC1)c1ccc(C=O)cc1. The lowest BCUT2D eigenvalue weighted by Crippen LogP contribution is -2.36. The van der Waals surface area contributed by atoms with E-state index < -0.39 is 0 Å². The third kappa shape index (κ3) is 3.31. The van der Waals surface area contributed by atoms with Crippen molar-refractivity contribution in [3.8, 4) is 0 Å². The van der Waals surface area contributed by atoms with Crippen LogP contribution in [0, 0.1) is 0 Å². The van der Waals surface area contributed by atoms with Gasteiger partial charge in [-0.15, -0.1) is 0 Å². The number of rotatable bonds is 5. The highest BCUT2D eigenvalue weighted by molar-refractivity contribution is 5.82. The second kappa shape index (κ2) is 4.99. The highest BCUT2D eigenvalue weighted by Crippen LogP contribution is 2.18. The lowest BCUT2D eigenvalue weighted by molar-refractivity contribution is -0.119. The van der Waals surface area contributed by atoms with E-state index in [-0.39, 0.29) is 5.91 Å².